The number of aromatic nitrogens is 2. The number of nitrogens with zero attached hydrogens (tertiary/aromatic N) is 2. The smallest absolute Gasteiger partial charge is 0.251 e. The van der Waals surface area contributed by atoms with Crippen molar-refractivity contribution in [3.63, 3.8) is 0 Å². The van der Waals surface area contributed by atoms with Gasteiger partial charge in [-0.3, -0.25) is 9.48 Å². The van der Waals surface area contributed by atoms with Crippen LogP contribution in [0.15, 0.2) is 36.7 Å². The molecule has 88 valence electrons. The van der Waals surface area contributed by atoms with Crippen LogP contribution in [-0.4, -0.2) is 15.7 Å². The predicted molar refractivity (Wildman–Crippen MR) is 73.5 cm³/mol. The summed E-state index contributed by atoms with van der Waals surface area (Å²) in [4.78, 5) is 11.8. The van der Waals surface area contributed by atoms with Crippen LogP contribution in [0.2, 0.25) is 0 Å². The summed E-state index contributed by atoms with van der Waals surface area (Å²) in [5, 5.41) is 6.90. The Hall–Kier alpha value is -1.37. The number of hydrogen-bond donors (Lipinski definition) is 1. The van der Waals surface area contributed by atoms with Gasteiger partial charge in [0.05, 0.1) is 6.20 Å². The number of amides is 1. The first-order valence-electron chi connectivity index (χ1n) is 5.16. The van der Waals surface area contributed by atoms with Crippen LogP contribution < -0.4 is 5.32 Å². The molecule has 4 nitrogen and oxygen atoms in total. The minimum absolute atomic E-state index is 0.0646. The molecule has 0 spiro atoms. The zero-order valence-corrected chi connectivity index (χ0v) is 11.5. The molecule has 0 radical (unpaired) electrons. The highest BCUT2D eigenvalue weighted by atomic mass is 127. The van der Waals surface area contributed by atoms with Gasteiger partial charge < -0.3 is 5.32 Å². The van der Waals surface area contributed by atoms with Crippen molar-refractivity contribution in [1.82, 2.24) is 15.1 Å². The number of benzene rings is 1. The summed E-state index contributed by atoms with van der Waals surface area (Å²) in [6.45, 7) is 0.499. The molecule has 1 aromatic heterocycles. The van der Waals surface area contributed by atoms with Gasteiger partial charge in [-0.05, 0) is 46.9 Å². The van der Waals surface area contributed by atoms with Crippen molar-refractivity contribution in [3.8, 4) is 0 Å². The molecule has 0 aliphatic heterocycles. The Labute approximate surface area is 113 Å². The van der Waals surface area contributed by atoms with Gasteiger partial charge in [0.15, 0.2) is 0 Å². The normalized spacial score (nSPS) is 10.2. The molecule has 0 atom stereocenters. The Morgan fingerprint density at radius 1 is 1.41 bits per heavy atom. The van der Waals surface area contributed by atoms with Crippen molar-refractivity contribution < 1.29 is 4.79 Å². The van der Waals surface area contributed by atoms with Crippen LogP contribution in [0.1, 0.15) is 15.9 Å². The highest BCUT2D eigenvalue weighted by molar-refractivity contribution is 14.1. The van der Waals surface area contributed by atoms with Gasteiger partial charge in [0, 0.05) is 34.5 Å². The standard InChI is InChI=1S/C12H12IN3O/c1-16-8-9(7-15-16)6-14-12(17)10-2-4-11(13)5-3-10/h2-5,7-8H,6H2,1H3,(H,14,17). The molecular formula is C12H12IN3O. The maximum Gasteiger partial charge on any atom is 0.251 e. The Kier molecular flexibility index (Phi) is 3.78. The zero-order chi connectivity index (χ0) is 12.3. The topological polar surface area (TPSA) is 46.9 Å². The maximum absolute atomic E-state index is 11.8. The fourth-order valence-corrected chi connectivity index (χ4v) is 1.81. The highest BCUT2D eigenvalue weighted by Crippen LogP contribution is 2.07. The number of carbonyl (C=O) groups excluding carboxylic acids is 1. The summed E-state index contributed by atoms with van der Waals surface area (Å²) in [5.74, 6) is -0.0646. The van der Waals surface area contributed by atoms with E-state index in [1.165, 1.54) is 0 Å². The van der Waals surface area contributed by atoms with E-state index in [-0.39, 0.29) is 5.91 Å². The lowest BCUT2D eigenvalue weighted by atomic mass is 10.2. The van der Waals surface area contributed by atoms with Crippen LogP contribution in [0, 0.1) is 3.57 Å². The fraction of sp³-hybridized carbons (Fsp3) is 0.167. The van der Waals surface area contributed by atoms with Crippen molar-refractivity contribution in [3.05, 3.63) is 51.4 Å². The summed E-state index contributed by atoms with van der Waals surface area (Å²) in [7, 11) is 1.85. The second-order valence-corrected chi connectivity index (χ2v) is 4.96. The Bertz CT molecular complexity index is 519. The van der Waals surface area contributed by atoms with Crippen LogP contribution in [-0.2, 0) is 13.6 Å². The molecule has 0 fully saturated rings. The first-order chi connectivity index (χ1) is 8.15. The van der Waals surface area contributed by atoms with Crippen molar-refractivity contribution in [2.75, 3.05) is 0 Å². The van der Waals surface area contributed by atoms with Gasteiger partial charge in [-0.1, -0.05) is 0 Å². The number of nitrogens with one attached hydrogen (secondary N) is 1. The highest BCUT2D eigenvalue weighted by Gasteiger charge is 2.05. The lowest BCUT2D eigenvalue weighted by molar-refractivity contribution is 0.0951. The van der Waals surface area contributed by atoms with Crippen LogP contribution in [0.5, 0.6) is 0 Å². The third-order valence-electron chi connectivity index (χ3n) is 2.32. The van der Waals surface area contributed by atoms with Crippen LogP contribution in [0.25, 0.3) is 0 Å². The molecule has 1 amide bonds. The molecule has 0 saturated carbocycles. The molecule has 5 heteroatoms. The molecule has 2 rings (SSSR count). The Morgan fingerprint density at radius 3 is 2.71 bits per heavy atom. The molecule has 0 aliphatic rings. The van der Waals surface area contributed by atoms with Crippen LogP contribution in [0.3, 0.4) is 0 Å². The Balaban J connectivity index is 1.95. The largest absolute Gasteiger partial charge is 0.348 e. The zero-order valence-electron chi connectivity index (χ0n) is 9.35. The summed E-state index contributed by atoms with van der Waals surface area (Å²) in [5.41, 5.74) is 1.67. The van der Waals surface area contributed by atoms with E-state index in [0.717, 1.165) is 9.13 Å². The number of carbonyl (C=O) groups is 1. The minimum atomic E-state index is -0.0646. The molecule has 0 aliphatic carbocycles. The molecular weight excluding hydrogens is 329 g/mol. The average Bonchev–Trinajstić information content (AvgIpc) is 2.73. The van der Waals surface area contributed by atoms with Crippen molar-refractivity contribution in [1.29, 1.82) is 0 Å². The van der Waals surface area contributed by atoms with Gasteiger partial charge in [0.2, 0.25) is 0 Å². The van der Waals surface area contributed by atoms with Crippen molar-refractivity contribution in [2.24, 2.45) is 7.05 Å². The number of rotatable bonds is 3. The second kappa shape index (κ2) is 5.31. The lowest BCUT2D eigenvalue weighted by Gasteiger charge is -2.03. The summed E-state index contributed by atoms with van der Waals surface area (Å²) in [6, 6.07) is 7.47. The third kappa shape index (κ3) is 3.29. The summed E-state index contributed by atoms with van der Waals surface area (Å²) in [6.07, 6.45) is 3.63. The van der Waals surface area contributed by atoms with Gasteiger partial charge in [0.25, 0.3) is 5.91 Å². The van der Waals surface area contributed by atoms with Gasteiger partial charge in [-0.15, -0.1) is 0 Å². The molecule has 1 aromatic carbocycles. The lowest BCUT2D eigenvalue weighted by Crippen LogP contribution is -2.22. The maximum atomic E-state index is 11.8. The quantitative estimate of drug-likeness (QED) is 0.868. The first-order valence-corrected chi connectivity index (χ1v) is 6.24. The van der Waals surface area contributed by atoms with Crippen molar-refractivity contribution >= 4 is 28.5 Å². The van der Waals surface area contributed by atoms with Gasteiger partial charge >= 0.3 is 0 Å². The number of halogens is 1. The molecule has 0 unspecified atom stereocenters. The summed E-state index contributed by atoms with van der Waals surface area (Å²) >= 11 is 2.21. The number of aryl methyl sites for hydroxylation is 1. The molecule has 1 N–H and O–H groups in total. The minimum Gasteiger partial charge on any atom is -0.348 e. The Morgan fingerprint density at radius 2 is 2.12 bits per heavy atom. The molecule has 0 bridgehead atoms. The average molecular weight is 341 g/mol. The molecule has 1 heterocycles. The van der Waals surface area contributed by atoms with E-state index in [4.69, 9.17) is 0 Å². The molecule has 17 heavy (non-hydrogen) atoms. The van der Waals surface area contributed by atoms with Crippen LogP contribution in [0.4, 0.5) is 0 Å². The van der Waals surface area contributed by atoms with Crippen LogP contribution >= 0.6 is 22.6 Å². The monoisotopic (exact) mass is 341 g/mol. The molecule has 2 aromatic rings. The van der Waals surface area contributed by atoms with E-state index in [0.29, 0.717) is 12.1 Å². The predicted octanol–water partition coefficient (Wildman–Crippen LogP) is 1.95. The van der Waals surface area contributed by atoms with E-state index in [2.05, 4.69) is 33.0 Å². The van der Waals surface area contributed by atoms with Gasteiger partial charge in [0.1, 0.15) is 0 Å². The van der Waals surface area contributed by atoms with E-state index in [1.54, 1.807) is 10.9 Å². The molecule has 0 saturated heterocycles. The van der Waals surface area contributed by atoms with Gasteiger partial charge in [-0.25, -0.2) is 0 Å². The fourth-order valence-electron chi connectivity index (χ4n) is 1.45. The first kappa shape index (κ1) is 12.1. The van der Waals surface area contributed by atoms with E-state index >= 15 is 0 Å². The SMILES string of the molecule is Cn1cc(CNC(=O)c2ccc(I)cc2)cn1. The van der Waals surface area contributed by atoms with E-state index in [1.807, 2.05) is 37.5 Å². The third-order valence-corrected chi connectivity index (χ3v) is 3.04. The van der Waals surface area contributed by atoms with E-state index < -0.39 is 0 Å². The second-order valence-electron chi connectivity index (χ2n) is 3.71. The van der Waals surface area contributed by atoms with Gasteiger partial charge in [-0.2, -0.15) is 5.10 Å². The van der Waals surface area contributed by atoms with E-state index in [9.17, 15) is 4.79 Å². The number of hydrogen-bond acceptors (Lipinski definition) is 2. The van der Waals surface area contributed by atoms with Crippen molar-refractivity contribution in [2.45, 2.75) is 6.54 Å². The summed E-state index contributed by atoms with van der Waals surface area (Å²) < 4.78 is 2.83.